The summed E-state index contributed by atoms with van der Waals surface area (Å²) in [5, 5.41) is 7.50. The van der Waals surface area contributed by atoms with Crippen molar-refractivity contribution >= 4 is 33.2 Å². The maximum absolute atomic E-state index is 15.8. The summed E-state index contributed by atoms with van der Waals surface area (Å²) in [6.45, 7) is 7.78. The molecule has 4 rings (SSSR count). The summed E-state index contributed by atoms with van der Waals surface area (Å²) in [6.07, 6.45) is 3.56. The van der Waals surface area contributed by atoms with Crippen LogP contribution in [-0.2, 0) is 10.2 Å². The van der Waals surface area contributed by atoms with Crippen LogP contribution in [-0.4, -0.2) is 60.4 Å². The first-order valence-corrected chi connectivity index (χ1v) is 14.3. The minimum absolute atomic E-state index is 0.125. The Kier molecular flexibility index (Phi) is 8.18. The first-order valence-electron chi connectivity index (χ1n) is 12.0. The summed E-state index contributed by atoms with van der Waals surface area (Å²) in [5.74, 6) is 0.0697. The number of hydrogen-bond donors (Lipinski definition) is 3. The molecule has 0 aliphatic carbocycles. The summed E-state index contributed by atoms with van der Waals surface area (Å²) in [7, 11) is -2.45. The van der Waals surface area contributed by atoms with Crippen molar-refractivity contribution < 1.29 is 12.8 Å². The minimum Gasteiger partial charge on any atom is -0.352 e. The van der Waals surface area contributed by atoms with E-state index in [1.807, 2.05) is 13.8 Å². The summed E-state index contributed by atoms with van der Waals surface area (Å²) >= 11 is 1.51. The number of benzene rings is 1. The first-order chi connectivity index (χ1) is 17.2. The molecule has 194 valence electrons. The van der Waals surface area contributed by atoms with Crippen LogP contribution < -0.4 is 15.4 Å². The lowest BCUT2D eigenvalue weighted by Crippen LogP contribution is -2.32. The van der Waals surface area contributed by atoms with E-state index >= 15 is 4.39 Å². The minimum atomic E-state index is -3.89. The first kappa shape index (κ1) is 26.4. The van der Waals surface area contributed by atoms with Crippen molar-refractivity contribution in [2.75, 3.05) is 36.7 Å². The molecule has 9 nitrogen and oxygen atoms in total. The number of nitrogens with zero attached hydrogens (tertiary/aromatic N) is 4. The standard InChI is InChI=1S/C24H32FN7O2S2/c1-5-32(4)36(33,34)31-18-8-6-7-17(20(18)25)21-22(19-11-14-27-24(29-19)28-15(2)3)35-23(30-21)16-9-12-26-13-10-16/h6-8,11,14-16,26,31H,5,9-10,12-13H2,1-4H3,(H,27,28,29). The predicted molar refractivity (Wildman–Crippen MR) is 143 cm³/mol. The molecular weight excluding hydrogens is 501 g/mol. The number of aromatic nitrogens is 3. The normalized spacial score (nSPS) is 15.0. The lowest BCUT2D eigenvalue weighted by atomic mass is 9.99. The second-order valence-electron chi connectivity index (χ2n) is 9.01. The van der Waals surface area contributed by atoms with Gasteiger partial charge in [0.25, 0.3) is 0 Å². The summed E-state index contributed by atoms with van der Waals surface area (Å²) in [5.41, 5.74) is 1.18. The summed E-state index contributed by atoms with van der Waals surface area (Å²) < 4.78 is 44.4. The third-order valence-corrected chi connectivity index (χ3v) is 8.78. The average molecular weight is 534 g/mol. The molecule has 1 aromatic carbocycles. The van der Waals surface area contributed by atoms with Crippen molar-refractivity contribution in [3.63, 3.8) is 0 Å². The van der Waals surface area contributed by atoms with Crippen LogP contribution in [0.1, 0.15) is 44.5 Å². The average Bonchev–Trinajstić information content (AvgIpc) is 3.30. The quantitative estimate of drug-likeness (QED) is 0.376. The largest absolute Gasteiger partial charge is 0.352 e. The molecule has 0 radical (unpaired) electrons. The zero-order valence-electron chi connectivity index (χ0n) is 20.9. The lowest BCUT2D eigenvalue weighted by molar-refractivity contribution is 0.459. The fourth-order valence-corrected chi connectivity index (χ4v) is 6.08. The van der Waals surface area contributed by atoms with E-state index in [0.29, 0.717) is 17.3 Å². The second kappa shape index (κ2) is 11.2. The van der Waals surface area contributed by atoms with Gasteiger partial charge in [0.1, 0.15) is 0 Å². The Morgan fingerprint density at radius 3 is 2.67 bits per heavy atom. The van der Waals surface area contributed by atoms with Crippen LogP contribution in [0.3, 0.4) is 0 Å². The van der Waals surface area contributed by atoms with E-state index in [2.05, 4.69) is 25.3 Å². The third-order valence-electron chi connectivity index (χ3n) is 5.99. The van der Waals surface area contributed by atoms with E-state index in [-0.39, 0.29) is 29.8 Å². The second-order valence-corrected chi connectivity index (χ2v) is 11.8. The van der Waals surface area contributed by atoms with Gasteiger partial charge in [0.2, 0.25) is 5.95 Å². The maximum Gasteiger partial charge on any atom is 0.301 e. The number of nitrogens with one attached hydrogen (secondary N) is 3. The Labute approximate surface area is 215 Å². The number of hydrogen-bond acceptors (Lipinski definition) is 8. The van der Waals surface area contributed by atoms with Gasteiger partial charge in [0.15, 0.2) is 5.82 Å². The van der Waals surface area contributed by atoms with E-state index in [1.54, 1.807) is 31.3 Å². The van der Waals surface area contributed by atoms with E-state index in [1.165, 1.54) is 24.5 Å². The molecule has 36 heavy (non-hydrogen) atoms. The molecule has 0 atom stereocenters. The van der Waals surface area contributed by atoms with Crippen molar-refractivity contribution in [2.24, 2.45) is 0 Å². The van der Waals surface area contributed by atoms with Gasteiger partial charge in [-0.2, -0.15) is 12.7 Å². The number of rotatable bonds is 9. The summed E-state index contributed by atoms with van der Waals surface area (Å²) in [6, 6.07) is 6.59. The molecule has 3 aromatic rings. The zero-order chi connectivity index (χ0) is 25.9. The molecule has 0 saturated carbocycles. The van der Waals surface area contributed by atoms with Crippen molar-refractivity contribution in [3.8, 4) is 21.8 Å². The van der Waals surface area contributed by atoms with Crippen LogP contribution in [0.5, 0.6) is 0 Å². The van der Waals surface area contributed by atoms with E-state index < -0.39 is 16.0 Å². The molecule has 0 bridgehead atoms. The van der Waals surface area contributed by atoms with Crippen LogP contribution in [0.15, 0.2) is 30.5 Å². The highest BCUT2D eigenvalue weighted by Crippen LogP contribution is 2.42. The topological polar surface area (TPSA) is 112 Å². The fourth-order valence-electron chi connectivity index (χ4n) is 3.93. The van der Waals surface area contributed by atoms with Gasteiger partial charge in [-0.05, 0) is 58.0 Å². The van der Waals surface area contributed by atoms with E-state index in [0.717, 1.165) is 40.1 Å². The Bertz CT molecular complexity index is 1310. The van der Waals surface area contributed by atoms with Gasteiger partial charge in [0.05, 0.1) is 27.0 Å². The Morgan fingerprint density at radius 2 is 1.97 bits per heavy atom. The van der Waals surface area contributed by atoms with Gasteiger partial charge in [-0.1, -0.05) is 13.0 Å². The highest BCUT2D eigenvalue weighted by molar-refractivity contribution is 7.90. The monoisotopic (exact) mass is 533 g/mol. The van der Waals surface area contributed by atoms with Crippen LogP contribution >= 0.6 is 11.3 Å². The van der Waals surface area contributed by atoms with E-state index in [9.17, 15) is 8.42 Å². The highest BCUT2D eigenvalue weighted by Gasteiger charge is 2.26. The van der Waals surface area contributed by atoms with Crippen LogP contribution in [0.2, 0.25) is 0 Å². The molecule has 0 spiro atoms. The Balaban J connectivity index is 1.81. The molecular formula is C24H32FN7O2S2. The molecule has 3 N–H and O–H groups in total. The SMILES string of the molecule is CCN(C)S(=O)(=O)Nc1cccc(-c2nc(C3CCNCC3)sc2-c2ccnc(NC(C)C)n2)c1F. The van der Waals surface area contributed by atoms with Crippen LogP contribution in [0, 0.1) is 5.82 Å². The predicted octanol–water partition coefficient (Wildman–Crippen LogP) is 4.30. The molecule has 0 unspecified atom stereocenters. The molecule has 12 heteroatoms. The molecule has 1 aliphatic heterocycles. The molecule has 1 fully saturated rings. The maximum atomic E-state index is 15.8. The summed E-state index contributed by atoms with van der Waals surface area (Å²) in [4.78, 5) is 14.6. The number of thiazole rings is 1. The van der Waals surface area contributed by atoms with Gasteiger partial charge in [-0.3, -0.25) is 4.72 Å². The zero-order valence-corrected chi connectivity index (χ0v) is 22.5. The van der Waals surface area contributed by atoms with Crippen LogP contribution in [0.4, 0.5) is 16.0 Å². The molecule has 0 amide bonds. The fraction of sp³-hybridized carbons (Fsp3) is 0.458. The van der Waals surface area contributed by atoms with Gasteiger partial charge < -0.3 is 10.6 Å². The van der Waals surface area contributed by atoms with E-state index in [4.69, 9.17) is 4.98 Å². The Morgan fingerprint density at radius 1 is 1.22 bits per heavy atom. The van der Waals surface area contributed by atoms with Gasteiger partial charge in [-0.15, -0.1) is 11.3 Å². The molecule has 3 heterocycles. The van der Waals surface area contributed by atoms with Crippen molar-refractivity contribution in [3.05, 3.63) is 41.3 Å². The highest BCUT2D eigenvalue weighted by atomic mass is 32.2. The lowest BCUT2D eigenvalue weighted by Gasteiger charge is -2.20. The molecule has 1 aliphatic rings. The smallest absolute Gasteiger partial charge is 0.301 e. The Hall–Kier alpha value is -2.67. The van der Waals surface area contributed by atoms with Crippen LogP contribution in [0.25, 0.3) is 21.8 Å². The van der Waals surface area contributed by atoms with Crippen molar-refractivity contribution in [2.45, 2.75) is 45.6 Å². The van der Waals surface area contributed by atoms with Crippen molar-refractivity contribution in [1.29, 1.82) is 0 Å². The number of halogens is 1. The molecule has 1 saturated heterocycles. The number of piperidine rings is 1. The van der Waals surface area contributed by atoms with Gasteiger partial charge in [-0.25, -0.2) is 19.3 Å². The number of anilines is 2. The van der Waals surface area contributed by atoms with Crippen molar-refractivity contribution in [1.82, 2.24) is 24.6 Å². The van der Waals surface area contributed by atoms with Gasteiger partial charge >= 0.3 is 10.2 Å². The third kappa shape index (κ3) is 5.83. The van der Waals surface area contributed by atoms with Gasteiger partial charge in [0, 0.05) is 37.3 Å². The molecule has 2 aromatic heterocycles.